The molecule has 0 unspecified atom stereocenters. The number of hydrogen-bond acceptors (Lipinski definition) is 9. The number of anilines is 1. The molecule has 2 aromatic carbocycles. The lowest BCUT2D eigenvalue weighted by Crippen LogP contribution is -2.32. The molecule has 174 valence electrons. The number of allylic oxidation sites excluding steroid dienone is 2. The summed E-state index contributed by atoms with van der Waals surface area (Å²) in [5.41, 5.74) is 2.27. The van der Waals surface area contributed by atoms with Crippen LogP contribution in [-0.2, 0) is 0 Å². The van der Waals surface area contributed by atoms with E-state index in [0.29, 0.717) is 48.3 Å². The Morgan fingerprint density at radius 3 is 2.35 bits per heavy atom. The molecule has 1 aliphatic rings. The maximum Gasteiger partial charge on any atom is 0.203 e. The lowest BCUT2D eigenvalue weighted by molar-refractivity contribution is 0.324. The fourth-order valence-corrected chi connectivity index (χ4v) is 3.62. The third kappa shape index (κ3) is 4.81. The van der Waals surface area contributed by atoms with Crippen LogP contribution < -0.4 is 30.2 Å². The second-order valence-corrected chi connectivity index (χ2v) is 7.42. The van der Waals surface area contributed by atoms with Crippen LogP contribution in [0.4, 0.5) is 5.82 Å². The quantitative estimate of drug-likeness (QED) is 0.416. The van der Waals surface area contributed by atoms with Crippen molar-refractivity contribution >= 4 is 16.7 Å². The fraction of sp³-hybridized carbons (Fsp3) is 0.240. The SMILES string of the molecule is COc1cc(-c2nc(NCCNC3=CC=C(C#N)CN3)c3ccccc3n2)cc(OC)c1OC. The lowest BCUT2D eigenvalue weighted by atomic mass is 10.1. The maximum atomic E-state index is 8.94. The molecular weight excluding hydrogens is 432 g/mol. The van der Waals surface area contributed by atoms with E-state index in [1.54, 1.807) is 21.3 Å². The zero-order chi connectivity index (χ0) is 23.9. The minimum absolute atomic E-state index is 0.515. The van der Waals surface area contributed by atoms with Crippen LogP contribution in [0.15, 0.2) is 59.9 Å². The first-order valence-electron chi connectivity index (χ1n) is 10.8. The Hall–Kier alpha value is -4.45. The van der Waals surface area contributed by atoms with Crippen molar-refractivity contribution in [3.05, 3.63) is 59.9 Å². The van der Waals surface area contributed by atoms with Crippen LogP contribution in [-0.4, -0.2) is 50.9 Å². The number of rotatable bonds is 9. The summed E-state index contributed by atoms with van der Waals surface area (Å²) in [6.07, 6.45) is 3.68. The molecule has 0 saturated heterocycles. The van der Waals surface area contributed by atoms with E-state index in [9.17, 15) is 0 Å². The average Bonchev–Trinajstić information content (AvgIpc) is 2.90. The molecule has 0 saturated carbocycles. The van der Waals surface area contributed by atoms with Crippen LogP contribution in [0.1, 0.15) is 0 Å². The largest absolute Gasteiger partial charge is 0.493 e. The number of para-hydroxylation sites is 1. The number of hydrogen-bond donors (Lipinski definition) is 3. The Morgan fingerprint density at radius 1 is 0.971 bits per heavy atom. The molecule has 0 fully saturated rings. The van der Waals surface area contributed by atoms with Gasteiger partial charge in [0.15, 0.2) is 17.3 Å². The Labute approximate surface area is 198 Å². The topological polar surface area (TPSA) is 113 Å². The van der Waals surface area contributed by atoms with E-state index >= 15 is 0 Å². The van der Waals surface area contributed by atoms with Crippen molar-refractivity contribution < 1.29 is 14.2 Å². The molecule has 3 N–H and O–H groups in total. The third-order valence-electron chi connectivity index (χ3n) is 5.32. The van der Waals surface area contributed by atoms with E-state index in [4.69, 9.17) is 29.4 Å². The summed E-state index contributed by atoms with van der Waals surface area (Å²) < 4.78 is 16.4. The van der Waals surface area contributed by atoms with Gasteiger partial charge in [-0.2, -0.15) is 5.26 Å². The number of fused-ring (bicyclic) bond motifs is 1. The summed E-state index contributed by atoms with van der Waals surface area (Å²) in [7, 11) is 4.73. The van der Waals surface area contributed by atoms with E-state index in [1.807, 2.05) is 48.6 Å². The van der Waals surface area contributed by atoms with Gasteiger partial charge >= 0.3 is 0 Å². The molecule has 0 spiro atoms. The number of nitriles is 1. The fourth-order valence-electron chi connectivity index (χ4n) is 3.62. The molecule has 0 atom stereocenters. The zero-order valence-electron chi connectivity index (χ0n) is 19.3. The smallest absolute Gasteiger partial charge is 0.203 e. The summed E-state index contributed by atoms with van der Waals surface area (Å²) in [5.74, 6) is 3.74. The Morgan fingerprint density at radius 2 is 1.71 bits per heavy atom. The second kappa shape index (κ2) is 10.4. The Kier molecular flexibility index (Phi) is 6.98. The van der Waals surface area contributed by atoms with E-state index < -0.39 is 0 Å². The van der Waals surface area contributed by atoms with Crippen LogP contribution in [0, 0.1) is 11.3 Å². The molecule has 34 heavy (non-hydrogen) atoms. The molecule has 0 bridgehead atoms. The van der Waals surface area contributed by atoms with Crippen LogP contribution in [0.5, 0.6) is 17.2 Å². The molecule has 0 amide bonds. The highest BCUT2D eigenvalue weighted by Gasteiger charge is 2.17. The Bertz CT molecular complexity index is 1270. The normalized spacial score (nSPS) is 12.6. The molecule has 3 aromatic rings. The number of nitrogens with one attached hydrogen (secondary N) is 3. The van der Waals surface area contributed by atoms with E-state index in [2.05, 4.69) is 22.0 Å². The van der Waals surface area contributed by atoms with Gasteiger partial charge in [0.05, 0.1) is 45.3 Å². The number of methoxy groups -OCH3 is 3. The molecule has 1 aliphatic heterocycles. The first-order valence-corrected chi connectivity index (χ1v) is 10.8. The predicted molar refractivity (Wildman–Crippen MR) is 131 cm³/mol. The second-order valence-electron chi connectivity index (χ2n) is 7.42. The van der Waals surface area contributed by atoms with Crippen molar-refractivity contribution in [1.82, 2.24) is 20.6 Å². The molecule has 9 heteroatoms. The highest BCUT2D eigenvalue weighted by Crippen LogP contribution is 2.41. The van der Waals surface area contributed by atoms with E-state index in [1.165, 1.54) is 0 Å². The van der Waals surface area contributed by atoms with Crippen molar-refractivity contribution in [3.8, 4) is 34.7 Å². The van der Waals surface area contributed by atoms with Crippen molar-refractivity contribution in [2.24, 2.45) is 0 Å². The van der Waals surface area contributed by atoms with Gasteiger partial charge in [0, 0.05) is 29.6 Å². The minimum atomic E-state index is 0.515. The van der Waals surface area contributed by atoms with E-state index in [-0.39, 0.29) is 0 Å². The molecule has 4 rings (SSSR count). The predicted octanol–water partition coefficient (Wildman–Crippen LogP) is 3.22. The Balaban J connectivity index is 1.59. The first kappa shape index (κ1) is 22.7. The van der Waals surface area contributed by atoms with Gasteiger partial charge in [0.1, 0.15) is 5.82 Å². The van der Waals surface area contributed by atoms with E-state index in [0.717, 1.165) is 28.1 Å². The average molecular weight is 459 g/mol. The van der Waals surface area contributed by atoms with Gasteiger partial charge in [-0.05, 0) is 36.4 Å². The van der Waals surface area contributed by atoms with Crippen molar-refractivity contribution in [1.29, 1.82) is 5.26 Å². The van der Waals surface area contributed by atoms with Gasteiger partial charge in [-0.15, -0.1) is 0 Å². The standard InChI is InChI=1S/C25H26N6O3/c1-32-20-12-17(13-21(33-2)23(20)34-3)24-30-19-7-5-4-6-18(19)25(31-24)28-11-10-27-22-9-8-16(14-26)15-29-22/h4-9,12-13,27,29H,10-11,15H2,1-3H3,(H,28,30,31). The number of benzene rings is 2. The van der Waals surface area contributed by atoms with Crippen molar-refractivity contribution in [2.75, 3.05) is 46.3 Å². The lowest BCUT2D eigenvalue weighted by Gasteiger charge is -2.17. The number of aromatic nitrogens is 2. The van der Waals surface area contributed by atoms with Crippen LogP contribution in [0.2, 0.25) is 0 Å². The summed E-state index contributed by atoms with van der Waals surface area (Å²) in [5, 5.41) is 19.8. The summed E-state index contributed by atoms with van der Waals surface area (Å²) >= 11 is 0. The zero-order valence-corrected chi connectivity index (χ0v) is 19.3. The van der Waals surface area contributed by atoms with Gasteiger partial charge in [-0.3, -0.25) is 0 Å². The highest BCUT2D eigenvalue weighted by molar-refractivity contribution is 5.90. The van der Waals surface area contributed by atoms with Crippen LogP contribution >= 0.6 is 0 Å². The first-order chi connectivity index (χ1) is 16.7. The van der Waals surface area contributed by atoms with Gasteiger partial charge in [-0.25, -0.2) is 9.97 Å². The maximum absolute atomic E-state index is 8.94. The molecule has 2 heterocycles. The molecular formula is C25H26N6O3. The summed E-state index contributed by atoms with van der Waals surface area (Å²) in [6.45, 7) is 1.81. The number of nitrogens with zero attached hydrogens (tertiary/aromatic N) is 3. The van der Waals surface area contributed by atoms with Crippen LogP contribution in [0.3, 0.4) is 0 Å². The van der Waals surface area contributed by atoms with Gasteiger partial charge in [0.2, 0.25) is 5.75 Å². The number of ether oxygens (including phenoxy) is 3. The number of dihydropyridines is 1. The highest BCUT2D eigenvalue weighted by atomic mass is 16.5. The van der Waals surface area contributed by atoms with Crippen molar-refractivity contribution in [3.63, 3.8) is 0 Å². The van der Waals surface area contributed by atoms with Gasteiger partial charge in [0.25, 0.3) is 0 Å². The van der Waals surface area contributed by atoms with Crippen molar-refractivity contribution in [2.45, 2.75) is 0 Å². The summed E-state index contributed by atoms with van der Waals surface area (Å²) in [4.78, 5) is 9.56. The minimum Gasteiger partial charge on any atom is -0.493 e. The summed E-state index contributed by atoms with van der Waals surface area (Å²) in [6, 6.07) is 13.7. The molecule has 0 aliphatic carbocycles. The third-order valence-corrected chi connectivity index (χ3v) is 5.32. The monoisotopic (exact) mass is 458 g/mol. The molecule has 1 aromatic heterocycles. The van der Waals surface area contributed by atoms with Gasteiger partial charge in [-0.1, -0.05) is 12.1 Å². The van der Waals surface area contributed by atoms with Gasteiger partial charge < -0.3 is 30.2 Å². The van der Waals surface area contributed by atoms with Crippen LogP contribution in [0.25, 0.3) is 22.3 Å². The molecule has 0 radical (unpaired) electrons. The molecule has 9 nitrogen and oxygen atoms in total.